The van der Waals surface area contributed by atoms with Gasteiger partial charge in [0.05, 0.1) is 0 Å². The molecule has 2 heterocycles. The van der Waals surface area contributed by atoms with Gasteiger partial charge in [0.1, 0.15) is 5.69 Å². The van der Waals surface area contributed by atoms with Crippen LogP contribution in [0.4, 0.5) is 11.6 Å². The van der Waals surface area contributed by atoms with Crippen molar-refractivity contribution >= 4 is 28.4 Å². The average Bonchev–Trinajstić information content (AvgIpc) is 3.14. The molecule has 6 heteroatoms. The lowest BCUT2D eigenvalue weighted by Crippen LogP contribution is -2.27. The number of hydrogen-bond acceptors (Lipinski definition) is 4. The molecule has 0 aliphatic heterocycles. The van der Waals surface area contributed by atoms with E-state index in [9.17, 15) is 4.79 Å². The van der Waals surface area contributed by atoms with Gasteiger partial charge in [-0.3, -0.25) is 4.79 Å². The van der Waals surface area contributed by atoms with Gasteiger partial charge in [-0.15, -0.1) is 0 Å². The third-order valence-electron chi connectivity index (χ3n) is 5.16. The van der Waals surface area contributed by atoms with E-state index < -0.39 is 0 Å². The number of rotatable bonds is 6. The molecule has 4 rings (SSSR count). The van der Waals surface area contributed by atoms with Crippen LogP contribution in [-0.2, 0) is 6.42 Å². The van der Waals surface area contributed by atoms with Crippen molar-refractivity contribution in [1.82, 2.24) is 20.3 Å². The highest BCUT2D eigenvalue weighted by Crippen LogP contribution is 2.23. The zero-order chi connectivity index (χ0) is 21.1. The lowest BCUT2D eigenvalue weighted by Gasteiger charge is -2.12. The zero-order valence-corrected chi connectivity index (χ0v) is 17.4. The van der Waals surface area contributed by atoms with Gasteiger partial charge in [0.25, 0.3) is 5.91 Å². The molecule has 2 aromatic carbocycles. The number of benzene rings is 2. The minimum Gasteiger partial charge on any atom is -0.361 e. The summed E-state index contributed by atoms with van der Waals surface area (Å²) in [5, 5.41) is 7.43. The van der Waals surface area contributed by atoms with Gasteiger partial charge in [-0.25, -0.2) is 9.97 Å². The van der Waals surface area contributed by atoms with Crippen molar-refractivity contribution in [2.24, 2.45) is 0 Å². The summed E-state index contributed by atoms with van der Waals surface area (Å²) in [4.78, 5) is 24.8. The summed E-state index contributed by atoms with van der Waals surface area (Å²) in [6, 6.07) is 15.9. The molecule has 6 nitrogen and oxygen atoms in total. The van der Waals surface area contributed by atoms with Crippen LogP contribution >= 0.6 is 0 Å². The van der Waals surface area contributed by atoms with Gasteiger partial charge in [0, 0.05) is 35.0 Å². The van der Waals surface area contributed by atoms with Gasteiger partial charge in [-0.1, -0.05) is 36.4 Å². The van der Waals surface area contributed by atoms with Crippen LogP contribution in [0.25, 0.3) is 10.9 Å². The number of nitrogens with zero attached hydrogens (tertiary/aromatic N) is 2. The Balaban J connectivity index is 1.45. The Morgan fingerprint density at radius 2 is 1.77 bits per heavy atom. The SMILES string of the molecule is Cc1cc(C(=O)NCCc2c[nH]c3ccccc23)nc(Nc2c(C)cccc2C)n1. The molecule has 3 N–H and O–H groups in total. The maximum absolute atomic E-state index is 12.7. The summed E-state index contributed by atoms with van der Waals surface area (Å²) >= 11 is 0. The van der Waals surface area contributed by atoms with E-state index in [1.807, 2.05) is 63.4 Å². The van der Waals surface area contributed by atoms with Crippen LogP contribution in [0.15, 0.2) is 54.7 Å². The fraction of sp³-hybridized carbons (Fsp3) is 0.208. The summed E-state index contributed by atoms with van der Waals surface area (Å²) < 4.78 is 0. The summed E-state index contributed by atoms with van der Waals surface area (Å²) in [5.74, 6) is 0.221. The minimum absolute atomic E-state index is 0.204. The van der Waals surface area contributed by atoms with E-state index in [1.54, 1.807) is 6.07 Å². The van der Waals surface area contributed by atoms with E-state index in [4.69, 9.17) is 0 Å². The Kier molecular flexibility index (Phi) is 5.48. The van der Waals surface area contributed by atoms with E-state index in [0.29, 0.717) is 18.2 Å². The number of H-pyrrole nitrogens is 1. The number of anilines is 2. The molecule has 0 bridgehead atoms. The monoisotopic (exact) mass is 399 g/mol. The molecule has 152 valence electrons. The van der Waals surface area contributed by atoms with E-state index >= 15 is 0 Å². The number of aromatic amines is 1. The number of fused-ring (bicyclic) bond motifs is 1. The first-order valence-corrected chi connectivity index (χ1v) is 10.0. The summed E-state index contributed by atoms with van der Waals surface area (Å²) in [6.07, 6.45) is 2.74. The normalized spacial score (nSPS) is 10.9. The maximum atomic E-state index is 12.7. The van der Waals surface area contributed by atoms with Crippen molar-refractivity contribution in [3.63, 3.8) is 0 Å². The van der Waals surface area contributed by atoms with E-state index in [-0.39, 0.29) is 5.91 Å². The first-order chi connectivity index (χ1) is 14.5. The van der Waals surface area contributed by atoms with E-state index in [1.165, 1.54) is 10.9 Å². The number of aryl methyl sites for hydroxylation is 3. The molecule has 0 saturated heterocycles. The van der Waals surface area contributed by atoms with Crippen molar-refractivity contribution in [2.75, 3.05) is 11.9 Å². The highest BCUT2D eigenvalue weighted by atomic mass is 16.1. The minimum atomic E-state index is -0.204. The number of aromatic nitrogens is 3. The molecule has 30 heavy (non-hydrogen) atoms. The quantitative estimate of drug-likeness (QED) is 0.442. The van der Waals surface area contributed by atoms with Crippen LogP contribution in [0.5, 0.6) is 0 Å². The third-order valence-corrected chi connectivity index (χ3v) is 5.16. The summed E-state index contributed by atoms with van der Waals surface area (Å²) in [5.41, 5.74) is 6.55. The van der Waals surface area contributed by atoms with Gasteiger partial charge < -0.3 is 15.6 Å². The lowest BCUT2D eigenvalue weighted by atomic mass is 10.1. The molecule has 4 aromatic rings. The van der Waals surface area contributed by atoms with Crippen LogP contribution in [-0.4, -0.2) is 27.4 Å². The number of hydrogen-bond donors (Lipinski definition) is 3. The van der Waals surface area contributed by atoms with Crippen molar-refractivity contribution in [3.8, 4) is 0 Å². The molecular formula is C24H25N5O. The fourth-order valence-corrected chi connectivity index (χ4v) is 3.60. The number of para-hydroxylation sites is 2. The largest absolute Gasteiger partial charge is 0.361 e. The van der Waals surface area contributed by atoms with Crippen LogP contribution in [0.1, 0.15) is 32.9 Å². The lowest BCUT2D eigenvalue weighted by molar-refractivity contribution is 0.0949. The zero-order valence-electron chi connectivity index (χ0n) is 17.4. The molecule has 0 aliphatic rings. The van der Waals surface area contributed by atoms with Crippen molar-refractivity contribution < 1.29 is 4.79 Å². The van der Waals surface area contributed by atoms with Gasteiger partial charge in [0.2, 0.25) is 5.95 Å². The van der Waals surface area contributed by atoms with Crippen molar-refractivity contribution in [1.29, 1.82) is 0 Å². The maximum Gasteiger partial charge on any atom is 0.270 e. The van der Waals surface area contributed by atoms with E-state index in [0.717, 1.165) is 34.4 Å². The van der Waals surface area contributed by atoms with E-state index in [2.05, 4.69) is 31.7 Å². The number of nitrogens with one attached hydrogen (secondary N) is 3. The standard InChI is InChI=1S/C24H25N5O/c1-15-7-6-8-16(2)22(15)29-24-27-17(3)13-21(28-24)23(30)25-12-11-18-14-26-20-10-5-4-9-19(18)20/h4-10,13-14,26H,11-12H2,1-3H3,(H,25,30)(H,27,28,29). The molecule has 0 radical (unpaired) electrons. The number of amides is 1. The highest BCUT2D eigenvalue weighted by Gasteiger charge is 2.12. The first kappa shape index (κ1) is 19.6. The van der Waals surface area contributed by atoms with Gasteiger partial charge >= 0.3 is 0 Å². The second-order valence-electron chi connectivity index (χ2n) is 7.48. The molecule has 1 amide bonds. The second kappa shape index (κ2) is 8.37. The van der Waals surface area contributed by atoms with Crippen molar-refractivity contribution in [3.05, 3.63) is 82.8 Å². The molecule has 0 saturated carbocycles. The van der Waals surface area contributed by atoms with Crippen LogP contribution in [0.3, 0.4) is 0 Å². The number of carbonyl (C=O) groups excluding carboxylic acids is 1. The highest BCUT2D eigenvalue weighted by molar-refractivity contribution is 5.92. The molecule has 0 unspecified atom stereocenters. The molecule has 0 atom stereocenters. The Labute approximate surface area is 175 Å². The molecule has 0 fully saturated rings. The fourth-order valence-electron chi connectivity index (χ4n) is 3.60. The van der Waals surface area contributed by atoms with Gasteiger partial charge in [0.15, 0.2) is 0 Å². The average molecular weight is 399 g/mol. The van der Waals surface area contributed by atoms with Crippen LogP contribution in [0.2, 0.25) is 0 Å². The van der Waals surface area contributed by atoms with Gasteiger partial charge in [-0.05, 0) is 56.0 Å². The first-order valence-electron chi connectivity index (χ1n) is 10.0. The molecule has 0 aliphatic carbocycles. The topological polar surface area (TPSA) is 82.7 Å². The Morgan fingerprint density at radius 1 is 1.00 bits per heavy atom. The number of carbonyl (C=O) groups is 1. The molecule has 2 aromatic heterocycles. The molecule has 0 spiro atoms. The van der Waals surface area contributed by atoms with Crippen LogP contribution in [0, 0.1) is 20.8 Å². The second-order valence-corrected chi connectivity index (χ2v) is 7.48. The summed E-state index contributed by atoms with van der Waals surface area (Å²) in [6.45, 7) is 6.45. The Morgan fingerprint density at radius 3 is 2.57 bits per heavy atom. The third kappa shape index (κ3) is 4.17. The Bertz CT molecular complexity index is 1190. The Hall–Kier alpha value is -3.67. The predicted molar refractivity (Wildman–Crippen MR) is 120 cm³/mol. The van der Waals surface area contributed by atoms with Gasteiger partial charge in [-0.2, -0.15) is 0 Å². The predicted octanol–water partition coefficient (Wildman–Crippen LogP) is 4.60. The molecular weight excluding hydrogens is 374 g/mol. The smallest absolute Gasteiger partial charge is 0.270 e. The van der Waals surface area contributed by atoms with Crippen LogP contribution < -0.4 is 10.6 Å². The summed E-state index contributed by atoms with van der Waals surface area (Å²) in [7, 11) is 0. The van der Waals surface area contributed by atoms with Crippen molar-refractivity contribution in [2.45, 2.75) is 27.2 Å².